The molecule has 0 aliphatic heterocycles. The maximum atomic E-state index is 10.1. The lowest BCUT2D eigenvalue weighted by Gasteiger charge is -2.09. The number of aromatic hydroxyl groups is 1. The normalized spacial score (nSPS) is 10.3. The van der Waals surface area contributed by atoms with Gasteiger partial charge in [0.1, 0.15) is 22.9 Å². The molecule has 0 radical (unpaired) electrons. The Morgan fingerprint density at radius 2 is 2.00 bits per heavy atom. The van der Waals surface area contributed by atoms with Crippen molar-refractivity contribution < 1.29 is 9.84 Å². The fourth-order valence-corrected chi connectivity index (χ4v) is 2.01. The summed E-state index contributed by atoms with van der Waals surface area (Å²) in [7, 11) is 0. The minimum absolute atomic E-state index is 0.0725. The van der Waals surface area contributed by atoms with E-state index < -0.39 is 0 Å². The average molecular weight is 251 g/mol. The number of aromatic amines is 1. The van der Waals surface area contributed by atoms with Crippen molar-refractivity contribution in [2.24, 2.45) is 0 Å². The first-order valence-electron chi connectivity index (χ1n) is 5.55. The highest BCUT2D eigenvalue weighted by atomic mass is 16.5. The largest absolute Gasteiger partial charge is 0.507 e. The molecule has 5 nitrogen and oxygen atoms in total. The second-order valence-electron chi connectivity index (χ2n) is 3.87. The van der Waals surface area contributed by atoms with E-state index in [0.29, 0.717) is 27.9 Å². The molecule has 0 fully saturated rings. The first kappa shape index (κ1) is 11.1. The van der Waals surface area contributed by atoms with Crippen molar-refractivity contribution in [2.75, 3.05) is 0 Å². The van der Waals surface area contributed by atoms with E-state index in [1.165, 1.54) is 0 Å². The molecule has 0 aliphatic rings. The van der Waals surface area contributed by atoms with Crippen LogP contribution in [-0.4, -0.2) is 20.5 Å². The Labute approximate surface area is 108 Å². The number of para-hydroxylation sites is 1. The fourth-order valence-electron chi connectivity index (χ4n) is 2.01. The van der Waals surface area contributed by atoms with Crippen LogP contribution in [0.4, 0.5) is 0 Å². The fraction of sp³-hybridized carbons (Fsp3) is 0. The van der Waals surface area contributed by atoms with E-state index in [-0.39, 0.29) is 5.75 Å². The smallest absolute Gasteiger partial charge is 0.151 e. The van der Waals surface area contributed by atoms with Crippen LogP contribution < -0.4 is 4.74 Å². The van der Waals surface area contributed by atoms with Gasteiger partial charge in [0.15, 0.2) is 5.75 Å². The molecule has 1 heterocycles. The Morgan fingerprint density at radius 3 is 2.84 bits per heavy atom. The van der Waals surface area contributed by atoms with Gasteiger partial charge in [-0.25, -0.2) is 0 Å². The third-order valence-electron chi connectivity index (χ3n) is 2.79. The number of rotatable bonds is 2. The molecule has 0 unspecified atom stereocenters. The monoisotopic (exact) mass is 251 g/mol. The van der Waals surface area contributed by atoms with E-state index in [0.717, 1.165) is 0 Å². The summed E-state index contributed by atoms with van der Waals surface area (Å²) in [6.07, 6.45) is 7.27. The zero-order valence-corrected chi connectivity index (χ0v) is 9.79. The number of terminal acetylenes is 1. The summed E-state index contributed by atoms with van der Waals surface area (Å²) in [6.45, 7) is 0. The van der Waals surface area contributed by atoms with Crippen molar-refractivity contribution in [2.45, 2.75) is 0 Å². The maximum absolute atomic E-state index is 10.1. The van der Waals surface area contributed by atoms with Gasteiger partial charge >= 0.3 is 0 Å². The topological polar surface area (TPSA) is 71.0 Å². The maximum Gasteiger partial charge on any atom is 0.151 e. The second-order valence-corrected chi connectivity index (χ2v) is 3.87. The second kappa shape index (κ2) is 4.35. The van der Waals surface area contributed by atoms with E-state index in [2.05, 4.69) is 21.5 Å². The number of aromatic nitrogens is 3. The number of hydrogen-bond acceptors (Lipinski definition) is 4. The number of phenols is 1. The van der Waals surface area contributed by atoms with Crippen LogP contribution >= 0.6 is 0 Å². The van der Waals surface area contributed by atoms with Crippen molar-refractivity contribution in [3.05, 3.63) is 36.4 Å². The van der Waals surface area contributed by atoms with E-state index in [1.54, 1.807) is 18.2 Å². The Hall–Kier alpha value is -3.00. The minimum Gasteiger partial charge on any atom is -0.507 e. The van der Waals surface area contributed by atoms with Gasteiger partial charge in [0.05, 0.1) is 5.56 Å². The van der Waals surface area contributed by atoms with Crippen LogP contribution in [0.5, 0.6) is 11.5 Å². The summed E-state index contributed by atoms with van der Waals surface area (Å²) in [5.74, 6) is 0.473. The summed E-state index contributed by atoms with van der Waals surface area (Å²) in [6, 6.07) is 10.4. The SMILES string of the molecule is C#COc1cccc(O)c1-c1cccc2n[nH]nc12. The Morgan fingerprint density at radius 1 is 1.16 bits per heavy atom. The van der Waals surface area contributed by atoms with Crippen LogP contribution in [0.2, 0.25) is 0 Å². The standard InChI is InChI=1S/C14H9N3O2/c1-2-19-12-8-4-7-11(18)13(12)9-5-3-6-10-14(9)16-17-15-10/h1,3-8,18H,(H,15,16,17). The van der Waals surface area contributed by atoms with E-state index in [1.807, 2.05) is 18.2 Å². The molecule has 0 saturated heterocycles. The zero-order valence-electron chi connectivity index (χ0n) is 9.79. The highest BCUT2D eigenvalue weighted by molar-refractivity contribution is 5.95. The minimum atomic E-state index is 0.0725. The van der Waals surface area contributed by atoms with Gasteiger partial charge in [-0.05, 0) is 18.2 Å². The number of phenolic OH excluding ortho intramolecular Hbond substituents is 1. The molecular weight excluding hydrogens is 242 g/mol. The molecule has 92 valence electrons. The molecule has 0 saturated carbocycles. The molecule has 5 heteroatoms. The summed E-state index contributed by atoms with van der Waals surface area (Å²) in [4.78, 5) is 0. The van der Waals surface area contributed by atoms with Crippen molar-refractivity contribution in [1.82, 2.24) is 15.4 Å². The van der Waals surface area contributed by atoms with Crippen LogP contribution in [-0.2, 0) is 0 Å². The van der Waals surface area contributed by atoms with Crippen molar-refractivity contribution >= 4 is 11.0 Å². The van der Waals surface area contributed by atoms with Gasteiger partial charge in [0, 0.05) is 5.56 Å². The van der Waals surface area contributed by atoms with Gasteiger partial charge in [-0.3, -0.25) is 0 Å². The number of nitrogens with one attached hydrogen (secondary N) is 1. The first-order valence-corrected chi connectivity index (χ1v) is 5.55. The van der Waals surface area contributed by atoms with E-state index >= 15 is 0 Å². The number of ether oxygens (including phenoxy) is 1. The van der Waals surface area contributed by atoms with Crippen LogP contribution in [0, 0.1) is 12.5 Å². The van der Waals surface area contributed by atoms with E-state index in [9.17, 15) is 5.11 Å². The molecule has 0 aliphatic carbocycles. The average Bonchev–Trinajstić information content (AvgIpc) is 2.88. The Balaban J connectivity index is 2.33. The lowest BCUT2D eigenvalue weighted by Crippen LogP contribution is -1.89. The third kappa shape index (κ3) is 1.76. The van der Waals surface area contributed by atoms with Crippen LogP contribution in [0.15, 0.2) is 36.4 Å². The zero-order chi connectivity index (χ0) is 13.2. The van der Waals surface area contributed by atoms with Gasteiger partial charge in [-0.2, -0.15) is 15.4 Å². The third-order valence-corrected chi connectivity index (χ3v) is 2.79. The van der Waals surface area contributed by atoms with Crippen molar-refractivity contribution in [3.8, 4) is 35.2 Å². The highest BCUT2D eigenvalue weighted by Crippen LogP contribution is 2.39. The van der Waals surface area contributed by atoms with Crippen molar-refractivity contribution in [3.63, 3.8) is 0 Å². The molecule has 2 N–H and O–H groups in total. The van der Waals surface area contributed by atoms with Gasteiger partial charge < -0.3 is 9.84 Å². The van der Waals surface area contributed by atoms with Crippen LogP contribution in [0.3, 0.4) is 0 Å². The summed E-state index contributed by atoms with van der Waals surface area (Å²) in [5, 5.41) is 20.7. The molecule has 0 amide bonds. The molecule has 0 spiro atoms. The molecule has 2 aromatic carbocycles. The number of hydrogen-bond donors (Lipinski definition) is 2. The van der Waals surface area contributed by atoms with Gasteiger partial charge in [0.2, 0.25) is 0 Å². The van der Waals surface area contributed by atoms with Gasteiger partial charge in [0.25, 0.3) is 0 Å². The molecule has 1 aromatic heterocycles. The van der Waals surface area contributed by atoms with E-state index in [4.69, 9.17) is 11.2 Å². The number of benzene rings is 2. The molecule has 19 heavy (non-hydrogen) atoms. The molecule has 0 bridgehead atoms. The predicted molar refractivity (Wildman–Crippen MR) is 70.5 cm³/mol. The summed E-state index contributed by atoms with van der Waals surface area (Å²) >= 11 is 0. The molecule has 3 rings (SSSR count). The quantitative estimate of drug-likeness (QED) is 0.685. The Kier molecular flexibility index (Phi) is 2.54. The van der Waals surface area contributed by atoms with Crippen LogP contribution in [0.1, 0.15) is 0 Å². The summed E-state index contributed by atoms with van der Waals surface area (Å²) in [5.41, 5.74) is 2.55. The number of nitrogens with zero attached hydrogens (tertiary/aromatic N) is 2. The number of H-pyrrole nitrogens is 1. The van der Waals surface area contributed by atoms with Crippen LogP contribution in [0.25, 0.3) is 22.2 Å². The number of fused-ring (bicyclic) bond motifs is 1. The predicted octanol–water partition coefficient (Wildman–Crippen LogP) is 2.30. The lowest BCUT2D eigenvalue weighted by molar-refractivity contribution is 0.468. The summed E-state index contributed by atoms with van der Waals surface area (Å²) < 4.78 is 5.11. The first-order chi connectivity index (χ1) is 9.31. The molecular formula is C14H9N3O2. The molecule has 3 aromatic rings. The lowest BCUT2D eigenvalue weighted by atomic mass is 10.0. The molecule has 0 atom stereocenters. The van der Waals surface area contributed by atoms with Gasteiger partial charge in [-0.1, -0.05) is 24.6 Å². The van der Waals surface area contributed by atoms with Crippen molar-refractivity contribution in [1.29, 1.82) is 0 Å². The highest BCUT2D eigenvalue weighted by Gasteiger charge is 2.15. The van der Waals surface area contributed by atoms with Gasteiger partial charge in [-0.15, -0.1) is 0 Å². The Bertz CT molecular complexity index is 787.